The largest absolute Gasteiger partial charge is 0.312 e. The lowest BCUT2D eigenvalue weighted by atomic mass is 9.57. The molecule has 1 nitrogen and oxygen atoms in total. The second-order valence-electron chi connectivity index (χ2n) is 8.26. The molecule has 1 saturated carbocycles. The van der Waals surface area contributed by atoms with Gasteiger partial charge in [-0.3, -0.25) is 0 Å². The van der Waals surface area contributed by atoms with Crippen molar-refractivity contribution in [3.05, 3.63) is 35.4 Å². The molecule has 1 aliphatic carbocycles. The van der Waals surface area contributed by atoms with E-state index in [1.165, 1.54) is 70.8 Å². The van der Waals surface area contributed by atoms with E-state index in [0.717, 1.165) is 18.4 Å². The molecule has 1 fully saturated rings. The number of fused-ring (bicyclic) bond motifs is 1. The molecular weight excluding hydrogens is 290 g/mol. The zero-order valence-corrected chi connectivity index (χ0v) is 15.9. The minimum Gasteiger partial charge on any atom is -0.312 e. The first kappa shape index (κ1) is 18.0. The van der Waals surface area contributed by atoms with E-state index >= 15 is 0 Å². The Balaban J connectivity index is 1.98. The number of rotatable bonds is 8. The molecule has 0 aromatic heterocycles. The van der Waals surface area contributed by atoms with Crippen LogP contribution in [-0.4, -0.2) is 6.54 Å². The number of benzene rings is 1. The van der Waals surface area contributed by atoms with Crippen molar-refractivity contribution in [1.29, 1.82) is 0 Å². The Hall–Kier alpha value is -0.820. The van der Waals surface area contributed by atoms with E-state index in [2.05, 4.69) is 43.4 Å². The van der Waals surface area contributed by atoms with Crippen molar-refractivity contribution >= 4 is 0 Å². The Kier molecular flexibility index (Phi) is 6.38. The van der Waals surface area contributed by atoms with Crippen molar-refractivity contribution < 1.29 is 0 Å². The average Bonchev–Trinajstić information content (AvgIpc) is 3.16. The van der Waals surface area contributed by atoms with Crippen LogP contribution in [0.4, 0.5) is 0 Å². The summed E-state index contributed by atoms with van der Waals surface area (Å²) in [4.78, 5) is 0. The highest BCUT2D eigenvalue weighted by Crippen LogP contribution is 2.51. The third-order valence-corrected chi connectivity index (χ3v) is 6.86. The van der Waals surface area contributed by atoms with Crippen LogP contribution in [-0.2, 0) is 12.0 Å². The zero-order chi connectivity index (χ0) is 16.8. The van der Waals surface area contributed by atoms with Gasteiger partial charge in [0, 0.05) is 18.5 Å². The molecule has 0 spiro atoms. The summed E-state index contributed by atoms with van der Waals surface area (Å²) >= 11 is 0. The zero-order valence-electron chi connectivity index (χ0n) is 15.9. The number of nitrogens with one attached hydrogen (secondary N) is 1. The summed E-state index contributed by atoms with van der Waals surface area (Å²) in [5.74, 6) is 1.75. The number of unbranched alkanes of at least 4 members (excludes halogenated alkanes) is 2. The van der Waals surface area contributed by atoms with Gasteiger partial charge in [-0.05, 0) is 48.6 Å². The van der Waals surface area contributed by atoms with E-state index < -0.39 is 0 Å². The molecule has 2 atom stereocenters. The SMILES string of the molecule is CCCCCC(CCC)C1(C2CCCC2)CNCc2ccccc21. The summed E-state index contributed by atoms with van der Waals surface area (Å²) in [6, 6.07) is 9.39. The predicted molar refractivity (Wildman–Crippen MR) is 104 cm³/mol. The lowest BCUT2D eigenvalue weighted by Gasteiger charge is -2.50. The minimum atomic E-state index is 0.398. The third-order valence-electron chi connectivity index (χ3n) is 6.86. The minimum absolute atomic E-state index is 0.398. The molecule has 1 aromatic rings. The fourth-order valence-electron chi connectivity index (χ4n) is 5.78. The summed E-state index contributed by atoms with van der Waals surface area (Å²) < 4.78 is 0. The number of hydrogen-bond acceptors (Lipinski definition) is 1. The summed E-state index contributed by atoms with van der Waals surface area (Å²) in [5.41, 5.74) is 3.69. The maximum absolute atomic E-state index is 3.84. The van der Waals surface area contributed by atoms with Crippen LogP contribution in [0.25, 0.3) is 0 Å². The van der Waals surface area contributed by atoms with Gasteiger partial charge in [-0.1, -0.05) is 76.6 Å². The van der Waals surface area contributed by atoms with Crippen LogP contribution in [0.5, 0.6) is 0 Å². The average molecular weight is 328 g/mol. The van der Waals surface area contributed by atoms with Crippen LogP contribution < -0.4 is 5.32 Å². The Bertz CT molecular complexity index is 503. The maximum Gasteiger partial charge on any atom is 0.0208 e. The molecule has 1 aromatic carbocycles. The summed E-state index contributed by atoms with van der Waals surface area (Å²) in [6.45, 7) is 7.00. The van der Waals surface area contributed by atoms with Crippen molar-refractivity contribution in [1.82, 2.24) is 5.32 Å². The molecule has 0 amide bonds. The van der Waals surface area contributed by atoms with Crippen molar-refractivity contribution in [2.45, 2.75) is 90.0 Å². The first-order chi connectivity index (χ1) is 11.8. The predicted octanol–water partition coefficient (Wildman–Crippen LogP) is 6.21. The van der Waals surface area contributed by atoms with Crippen molar-refractivity contribution in [3.63, 3.8) is 0 Å². The molecule has 3 rings (SSSR count). The maximum atomic E-state index is 3.84. The highest BCUT2D eigenvalue weighted by molar-refractivity contribution is 5.39. The highest BCUT2D eigenvalue weighted by atomic mass is 14.9. The third kappa shape index (κ3) is 3.43. The molecule has 1 heterocycles. The molecule has 24 heavy (non-hydrogen) atoms. The van der Waals surface area contributed by atoms with Crippen molar-refractivity contribution in [2.24, 2.45) is 11.8 Å². The normalized spacial score (nSPS) is 25.6. The second kappa shape index (κ2) is 8.52. The second-order valence-corrected chi connectivity index (χ2v) is 8.26. The lowest BCUT2D eigenvalue weighted by molar-refractivity contribution is 0.131. The Morgan fingerprint density at radius 1 is 1.04 bits per heavy atom. The molecule has 0 saturated heterocycles. The monoisotopic (exact) mass is 327 g/mol. The van der Waals surface area contributed by atoms with Crippen LogP contribution in [0.3, 0.4) is 0 Å². The van der Waals surface area contributed by atoms with E-state index in [0.29, 0.717) is 5.41 Å². The molecular formula is C23H37N. The fourth-order valence-corrected chi connectivity index (χ4v) is 5.78. The van der Waals surface area contributed by atoms with Crippen LogP contribution >= 0.6 is 0 Å². The summed E-state index contributed by atoms with van der Waals surface area (Å²) in [6.07, 6.45) is 14.1. The van der Waals surface area contributed by atoms with Gasteiger partial charge in [0.05, 0.1) is 0 Å². The van der Waals surface area contributed by atoms with E-state index in [-0.39, 0.29) is 0 Å². The smallest absolute Gasteiger partial charge is 0.0208 e. The molecule has 1 N–H and O–H groups in total. The van der Waals surface area contributed by atoms with Gasteiger partial charge in [-0.2, -0.15) is 0 Å². The van der Waals surface area contributed by atoms with E-state index in [4.69, 9.17) is 0 Å². The van der Waals surface area contributed by atoms with Gasteiger partial charge in [0.15, 0.2) is 0 Å². The van der Waals surface area contributed by atoms with Gasteiger partial charge in [0.1, 0.15) is 0 Å². The van der Waals surface area contributed by atoms with E-state index in [9.17, 15) is 0 Å². The molecule has 1 aliphatic heterocycles. The summed E-state index contributed by atoms with van der Waals surface area (Å²) in [5, 5.41) is 3.84. The lowest BCUT2D eigenvalue weighted by Crippen LogP contribution is -2.52. The van der Waals surface area contributed by atoms with E-state index in [1.807, 2.05) is 0 Å². The van der Waals surface area contributed by atoms with Gasteiger partial charge in [0.2, 0.25) is 0 Å². The Labute approximate surface area is 149 Å². The molecule has 2 unspecified atom stereocenters. The van der Waals surface area contributed by atoms with Crippen molar-refractivity contribution in [3.8, 4) is 0 Å². The number of hydrogen-bond donors (Lipinski definition) is 1. The van der Waals surface area contributed by atoms with Gasteiger partial charge >= 0.3 is 0 Å². The quantitative estimate of drug-likeness (QED) is 0.559. The van der Waals surface area contributed by atoms with Gasteiger partial charge in [-0.15, -0.1) is 0 Å². The Morgan fingerprint density at radius 3 is 2.58 bits per heavy atom. The molecule has 0 bridgehead atoms. The first-order valence-corrected chi connectivity index (χ1v) is 10.6. The highest BCUT2D eigenvalue weighted by Gasteiger charge is 2.48. The van der Waals surface area contributed by atoms with Gasteiger partial charge in [0.25, 0.3) is 0 Å². The van der Waals surface area contributed by atoms with Crippen molar-refractivity contribution in [2.75, 3.05) is 6.54 Å². The molecule has 134 valence electrons. The van der Waals surface area contributed by atoms with Crippen LogP contribution in [0, 0.1) is 11.8 Å². The van der Waals surface area contributed by atoms with Crippen LogP contribution in [0.15, 0.2) is 24.3 Å². The molecule has 1 heteroatoms. The summed E-state index contributed by atoms with van der Waals surface area (Å²) in [7, 11) is 0. The topological polar surface area (TPSA) is 12.0 Å². The van der Waals surface area contributed by atoms with Gasteiger partial charge < -0.3 is 5.32 Å². The van der Waals surface area contributed by atoms with E-state index in [1.54, 1.807) is 11.1 Å². The van der Waals surface area contributed by atoms with Crippen LogP contribution in [0.1, 0.15) is 89.2 Å². The molecule has 0 radical (unpaired) electrons. The fraction of sp³-hybridized carbons (Fsp3) is 0.739. The molecule has 2 aliphatic rings. The first-order valence-electron chi connectivity index (χ1n) is 10.6. The van der Waals surface area contributed by atoms with Crippen LogP contribution in [0.2, 0.25) is 0 Å². The standard InChI is InChI=1S/C23H37N/c1-3-5-6-13-20(11-4-2)23(21-14-8-9-15-21)18-24-17-19-12-7-10-16-22(19)23/h7,10,12,16,20-21,24H,3-6,8-9,11,13-15,17-18H2,1-2H3. The Morgan fingerprint density at radius 2 is 1.83 bits per heavy atom. The van der Waals surface area contributed by atoms with Gasteiger partial charge in [-0.25, -0.2) is 0 Å².